The van der Waals surface area contributed by atoms with Gasteiger partial charge in [-0.25, -0.2) is 4.79 Å². The maximum Gasteiger partial charge on any atom is 0.324 e. The van der Waals surface area contributed by atoms with E-state index in [0.717, 1.165) is 24.6 Å². The fourth-order valence-corrected chi connectivity index (χ4v) is 4.29. The summed E-state index contributed by atoms with van der Waals surface area (Å²) in [5.41, 5.74) is 1.13. The van der Waals surface area contributed by atoms with Crippen molar-refractivity contribution in [3.05, 3.63) is 35.9 Å². The highest BCUT2D eigenvalue weighted by molar-refractivity contribution is 8.00. The van der Waals surface area contributed by atoms with E-state index in [1.54, 1.807) is 6.92 Å². The minimum Gasteiger partial charge on any atom is -0.378 e. The van der Waals surface area contributed by atoms with Crippen molar-refractivity contribution >= 4 is 29.6 Å². The van der Waals surface area contributed by atoms with Gasteiger partial charge in [0.2, 0.25) is 11.9 Å². The molecule has 3 amide bonds. The Labute approximate surface area is 173 Å². The number of carbonyl (C=O) groups excluding carboxylic acids is 2. The lowest BCUT2D eigenvalue weighted by Crippen LogP contribution is -2.39. The van der Waals surface area contributed by atoms with Crippen LogP contribution in [0.3, 0.4) is 0 Å². The highest BCUT2D eigenvalue weighted by Gasteiger charge is 2.31. The van der Waals surface area contributed by atoms with E-state index in [4.69, 9.17) is 4.74 Å². The van der Waals surface area contributed by atoms with E-state index in [1.807, 2.05) is 22.8 Å². The van der Waals surface area contributed by atoms with E-state index in [0.29, 0.717) is 38.0 Å². The summed E-state index contributed by atoms with van der Waals surface area (Å²) in [6, 6.07) is 9.76. The molecule has 10 heteroatoms. The summed E-state index contributed by atoms with van der Waals surface area (Å²) in [5.74, 6) is 0.561. The van der Waals surface area contributed by atoms with Crippen LogP contribution in [0.1, 0.15) is 12.5 Å². The Morgan fingerprint density at radius 2 is 1.97 bits per heavy atom. The number of benzene rings is 1. The quantitative estimate of drug-likeness (QED) is 0.707. The minimum absolute atomic E-state index is 0.216. The minimum atomic E-state index is -0.449. The molecule has 29 heavy (non-hydrogen) atoms. The lowest BCUT2D eigenvalue weighted by molar-refractivity contribution is -0.126. The SMILES string of the molecule is C[C@@H](Sc1nnc(N2CCOCC2)n1Cc1ccccc1)C(=O)N1CCNC1=O. The third-order valence-corrected chi connectivity index (χ3v) is 6.00. The summed E-state index contributed by atoms with van der Waals surface area (Å²) in [5, 5.41) is 11.7. The molecule has 9 nitrogen and oxygen atoms in total. The molecule has 2 saturated heterocycles. The molecule has 154 valence electrons. The first-order chi connectivity index (χ1) is 14.1. The van der Waals surface area contributed by atoms with Crippen LogP contribution in [0.15, 0.2) is 35.5 Å². The monoisotopic (exact) mass is 416 g/mol. The zero-order valence-corrected chi connectivity index (χ0v) is 17.1. The number of urea groups is 1. The van der Waals surface area contributed by atoms with Crippen molar-refractivity contribution in [3.63, 3.8) is 0 Å². The van der Waals surface area contributed by atoms with E-state index >= 15 is 0 Å². The van der Waals surface area contributed by atoms with Gasteiger partial charge in [0, 0.05) is 26.2 Å². The van der Waals surface area contributed by atoms with Crippen LogP contribution >= 0.6 is 11.8 Å². The number of amides is 3. The summed E-state index contributed by atoms with van der Waals surface area (Å²) in [4.78, 5) is 27.9. The number of hydrogen-bond acceptors (Lipinski definition) is 7. The van der Waals surface area contributed by atoms with Crippen molar-refractivity contribution in [2.45, 2.75) is 23.9 Å². The zero-order chi connectivity index (χ0) is 20.2. The highest BCUT2D eigenvalue weighted by Crippen LogP contribution is 2.28. The third-order valence-electron chi connectivity index (χ3n) is 4.93. The molecule has 2 aromatic rings. The normalized spacial score (nSPS) is 18.0. The average molecular weight is 417 g/mol. The van der Waals surface area contributed by atoms with Gasteiger partial charge in [0.15, 0.2) is 5.16 Å². The molecule has 1 N–H and O–H groups in total. The number of imide groups is 1. The van der Waals surface area contributed by atoms with Gasteiger partial charge in [-0.2, -0.15) is 0 Å². The number of rotatable bonds is 6. The van der Waals surface area contributed by atoms with Gasteiger partial charge in [-0.3, -0.25) is 14.3 Å². The van der Waals surface area contributed by atoms with Crippen LogP contribution in [-0.4, -0.2) is 76.2 Å². The summed E-state index contributed by atoms with van der Waals surface area (Å²) < 4.78 is 7.50. The Morgan fingerprint density at radius 1 is 1.21 bits per heavy atom. The van der Waals surface area contributed by atoms with Gasteiger partial charge in [0.1, 0.15) is 0 Å². The van der Waals surface area contributed by atoms with Crippen LogP contribution < -0.4 is 10.2 Å². The van der Waals surface area contributed by atoms with Crippen molar-refractivity contribution < 1.29 is 14.3 Å². The van der Waals surface area contributed by atoms with Gasteiger partial charge in [0.25, 0.3) is 0 Å². The molecule has 4 rings (SSSR count). The number of anilines is 1. The Bertz CT molecular complexity index is 868. The number of hydrogen-bond donors (Lipinski definition) is 1. The lowest BCUT2D eigenvalue weighted by atomic mass is 10.2. The van der Waals surface area contributed by atoms with Gasteiger partial charge in [-0.15, -0.1) is 10.2 Å². The fourth-order valence-electron chi connectivity index (χ4n) is 3.38. The van der Waals surface area contributed by atoms with Crippen molar-refractivity contribution in [2.75, 3.05) is 44.3 Å². The van der Waals surface area contributed by atoms with Crippen molar-refractivity contribution in [1.29, 1.82) is 0 Å². The number of ether oxygens (including phenoxy) is 1. The van der Waals surface area contributed by atoms with Crippen LogP contribution in [-0.2, 0) is 16.1 Å². The van der Waals surface area contributed by atoms with E-state index in [-0.39, 0.29) is 11.9 Å². The fraction of sp³-hybridized carbons (Fsp3) is 0.474. The molecule has 0 unspecified atom stereocenters. The number of thioether (sulfide) groups is 1. The molecule has 0 radical (unpaired) electrons. The number of morpholine rings is 1. The molecule has 1 aromatic heterocycles. The van der Waals surface area contributed by atoms with E-state index < -0.39 is 5.25 Å². The van der Waals surface area contributed by atoms with Crippen LogP contribution in [0.25, 0.3) is 0 Å². The van der Waals surface area contributed by atoms with Gasteiger partial charge < -0.3 is 15.0 Å². The number of carbonyl (C=O) groups is 2. The molecule has 1 aromatic carbocycles. The summed E-state index contributed by atoms with van der Waals surface area (Å²) >= 11 is 1.33. The molecule has 0 saturated carbocycles. The first kappa shape index (κ1) is 19.7. The third kappa shape index (κ3) is 4.38. The second-order valence-corrected chi connectivity index (χ2v) is 8.24. The Balaban J connectivity index is 1.57. The van der Waals surface area contributed by atoms with Gasteiger partial charge >= 0.3 is 6.03 Å². The first-order valence-corrected chi connectivity index (χ1v) is 10.6. The van der Waals surface area contributed by atoms with Gasteiger partial charge in [-0.05, 0) is 12.5 Å². The highest BCUT2D eigenvalue weighted by atomic mass is 32.2. The van der Waals surface area contributed by atoms with Crippen LogP contribution in [0.5, 0.6) is 0 Å². The number of nitrogens with one attached hydrogen (secondary N) is 1. The molecular weight excluding hydrogens is 392 g/mol. The molecule has 1 atom stereocenters. The molecule has 0 spiro atoms. The maximum absolute atomic E-state index is 12.7. The second kappa shape index (κ2) is 8.83. The Morgan fingerprint density at radius 3 is 2.66 bits per heavy atom. The van der Waals surface area contributed by atoms with E-state index in [1.165, 1.54) is 16.7 Å². The van der Waals surface area contributed by atoms with Crippen LogP contribution in [0, 0.1) is 0 Å². The maximum atomic E-state index is 12.7. The topological polar surface area (TPSA) is 92.6 Å². The zero-order valence-electron chi connectivity index (χ0n) is 16.3. The average Bonchev–Trinajstić information content (AvgIpc) is 3.35. The predicted octanol–water partition coefficient (Wildman–Crippen LogP) is 1.20. The summed E-state index contributed by atoms with van der Waals surface area (Å²) in [6.07, 6.45) is 0. The first-order valence-electron chi connectivity index (χ1n) is 9.69. The van der Waals surface area contributed by atoms with Crippen LogP contribution in [0.2, 0.25) is 0 Å². The molecular formula is C19H24N6O3S. The number of aromatic nitrogens is 3. The van der Waals surface area contributed by atoms with Crippen molar-refractivity contribution in [1.82, 2.24) is 25.0 Å². The van der Waals surface area contributed by atoms with Crippen LogP contribution in [0.4, 0.5) is 10.7 Å². The van der Waals surface area contributed by atoms with E-state index in [2.05, 4.69) is 32.5 Å². The second-order valence-electron chi connectivity index (χ2n) is 6.94. The standard InChI is InChI=1S/C19H24N6O3S/c1-14(16(26)24-8-7-20-18(24)27)29-19-22-21-17(23-9-11-28-12-10-23)25(19)13-15-5-3-2-4-6-15/h2-6,14H,7-13H2,1H3,(H,20,27)/t14-/m1/s1. The largest absolute Gasteiger partial charge is 0.378 e. The smallest absolute Gasteiger partial charge is 0.324 e. The van der Waals surface area contributed by atoms with Gasteiger partial charge in [-0.1, -0.05) is 42.1 Å². The molecule has 0 aliphatic carbocycles. The molecule has 3 heterocycles. The summed E-state index contributed by atoms with van der Waals surface area (Å²) in [6.45, 7) is 6.10. The lowest BCUT2D eigenvalue weighted by Gasteiger charge is -2.28. The van der Waals surface area contributed by atoms with Gasteiger partial charge in [0.05, 0.1) is 25.0 Å². The Kier molecular flexibility index (Phi) is 6.00. The summed E-state index contributed by atoms with van der Waals surface area (Å²) in [7, 11) is 0. The molecule has 2 aliphatic heterocycles. The van der Waals surface area contributed by atoms with Crippen molar-refractivity contribution in [3.8, 4) is 0 Å². The molecule has 2 fully saturated rings. The van der Waals surface area contributed by atoms with E-state index in [9.17, 15) is 9.59 Å². The Hall–Kier alpha value is -2.59. The van der Waals surface area contributed by atoms with Crippen molar-refractivity contribution in [2.24, 2.45) is 0 Å². The predicted molar refractivity (Wildman–Crippen MR) is 109 cm³/mol. The molecule has 2 aliphatic rings. The molecule has 0 bridgehead atoms. The number of nitrogens with zero attached hydrogens (tertiary/aromatic N) is 5.